The standard InChI is InChI=1S/C26H28FN7O5S/c1-37-19-10-20(15-33(14-19)26-29-12-18(27)13-30-26)40(35,36)16-23-31-32-25(17-6-5-9-28-11-17)34(23)24-21(38-2)7-4-8-22(24)39-3/h4-9,11-13,19-20H,10,14-16H2,1-3H3/t19-,20-/m0/s1. The maximum Gasteiger partial charge on any atom is 0.225 e. The van der Waals surface area contributed by atoms with Gasteiger partial charge in [0.15, 0.2) is 27.3 Å². The predicted octanol–water partition coefficient (Wildman–Crippen LogP) is 2.48. The summed E-state index contributed by atoms with van der Waals surface area (Å²) in [6, 6.07) is 8.81. The summed E-state index contributed by atoms with van der Waals surface area (Å²) >= 11 is 0. The second kappa shape index (κ2) is 11.5. The van der Waals surface area contributed by atoms with Crippen LogP contribution in [0.25, 0.3) is 17.1 Å². The molecule has 2 atom stereocenters. The van der Waals surface area contributed by atoms with E-state index in [0.717, 1.165) is 12.4 Å². The van der Waals surface area contributed by atoms with Crippen LogP contribution in [0.4, 0.5) is 10.3 Å². The van der Waals surface area contributed by atoms with Crippen molar-refractivity contribution in [3.05, 3.63) is 66.8 Å². The predicted molar refractivity (Wildman–Crippen MR) is 144 cm³/mol. The summed E-state index contributed by atoms with van der Waals surface area (Å²) in [5.41, 5.74) is 1.09. The molecule has 4 aromatic rings. The third-order valence-electron chi connectivity index (χ3n) is 6.71. The number of hydrogen-bond acceptors (Lipinski definition) is 11. The Labute approximate surface area is 230 Å². The van der Waals surface area contributed by atoms with Gasteiger partial charge in [-0.3, -0.25) is 9.55 Å². The van der Waals surface area contributed by atoms with Gasteiger partial charge < -0.3 is 19.1 Å². The molecule has 0 unspecified atom stereocenters. The minimum Gasteiger partial charge on any atom is -0.494 e. The highest BCUT2D eigenvalue weighted by Crippen LogP contribution is 2.37. The number of hydrogen-bond donors (Lipinski definition) is 0. The number of rotatable bonds is 9. The van der Waals surface area contributed by atoms with E-state index in [9.17, 15) is 12.8 Å². The Morgan fingerprint density at radius 2 is 1.70 bits per heavy atom. The molecule has 0 N–H and O–H groups in total. The first-order chi connectivity index (χ1) is 19.3. The molecule has 210 valence electrons. The lowest BCUT2D eigenvalue weighted by Gasteiger charge is -2.36. The summed E-state index contributed by atoms with van der Waals surface area (Å²) in [6.07, 6.45) is 5.20. The average molecular weight is 570 g/mol. The number of benzene rings is 1. The lowest BCUT2D eigenvalue weighted by atomic mass is 10.1. The van der Waals surface area contributed by atoms with Crippen molar-refractivity contribution in [2.75, 3.05) is 39.3 Å². The monoisotopic (exact) mass is 569 g/mol. The quantitative estimate of drug-likeness (QED) is 0.294. The molecule has 4 heterocycles. The number of piperidine rings is 1. The van der Waals surface area contributed by atoms with Crippen LogP contribution in [0.2, 0.25) is 0 Å². The van der Waals surface area contributed by atoms with Gasteiger partial charge in [-0.05, 0) is 30.7 Å². The highest BCUT2D eigenvalue weighted by atomic mass is 32.2. The first-order valence-corrected chi connectivity index (χ1v) is 14.1. The molecule has 1 saturated heterocycles. The van der Waals surface area contributed by atoms with Crippen molar-refractivity contribution in [3.8, 4) is 28.6 Å². The van der Waals surface area contributed by atoms with Crippen LogP contribution >= 0.6 is 0 Å². The summed E-state index contributed by atoms with van der Waals surface area (Å²) in [6.45, 7) is 0.476. The van der Waals surface area contributed by atoms with E-state index in [1.165, 1.54) is 21.3 Å². The van der Waals surface area contributed by atoms with Crippen molar-refractivity contribution in [3.63, 3.8) is 0 Å². The van der Waals surface area contributed by atoms with E-state index in [4.69, 9.17) is 14.2 Å². The summed E-state index contributed by atoms with van der Waals surface area (Å²) < 4.78 is 59.7. The van der Waals surface area contributed by atoms with Crippen molar-refractivity contribution in [2.45, 2.75) is 23.5 Å². The second-order valence-electron chi connectivity index (χ2n) is 9.16. The van der Waals surface area contributed by atoms with Gasteiger partial charge in [-0.1, -0.05) is 6.07 Å². The van der Waals surface area contributed by atoms with Crippen LogP contribution in [0.3, 0.4) is 0 Å². The molecule has 1 aliphatic heterocycles. The highest BCUT2D eigenvalue weighted by Gasteiger charge is 2.38. The van der Waals surface area contributed by atoms with Crippen LogP contribution in [0, 0.1) is 5.82 Å². The van der Waals surface area contributed by atoms with Gasteiger partial charge in [0.05, 0.1) is 38.0 Å². The van der Waals surface area contributed by atoms with Gasteiger partial charge in [-0.25, -0.2) is 22.8 Å². The van der Waals surface area contributed by atoms with E-state index in [-0.39, 0.29) is 24.7 Å². The zero-order chi connectivity index (χ0) is 28.3. The Bertz CT molecular complexity index is 1550. The third-order valence-corrected chi connectivity index (χ3v) is 8.73. The smallest absolute Gasteiger partial charge is 0.225 e. The minimum absolute atomic E-state index is 0.107. The molecule has 3 aromatic heterocycles. The van der Waals surface area contributed by atoms with Gasteiger partial charge in [0.25, 0.3) is 0 Å². The summed E-state index contributed by atoms with van der Waals surface area (Å²) in [5, 5.41) is 7.82. The van der Waals surface area contributed by atoms with Gasteiger partial charge in [0.2, 0.25) is 5.95 Å². The lowest BCUT2D eigenvalue weighted by Crippen LogP contribution is -2.50. The number of para-hydroxylation sites is 1. The average Bonchev–Trinajstić information content (AvgIpc) is 3.39. The van der Waals surface area contributed by atoms with Crippen LogP contribution in [-0.2, 0) is 20.3 Å². The van der Waals surface area contributed by atoms with Crippen LogP contribution in [0.1, 0.15) is 12.2 Å². The molecule has 1 aromatic carbocycles. The molecular weight excluding hydrogens is 541 g/mol. The molecule has 5 rings (SSSR count). The lowest BCUT2D eigenvalue weighted by molar-refractivity contribution is 0.0897. The Hall–Kier alpha value is -4.17. The van der Waals surface area contributed by atoms with Crippen molar-refractivity contribution in [2.24, 2.45) is 0 Å². The van der Waals surface area contributed by atoms with Crippen molar-refractivity contribution >= 4 is 15.8 Å². The molecule has 0 bridgehead atoms. The van der Waals surface area contributed by atoms with Crippen LogP contribution in [0.15, 0.2) is 55.1 Å². The normalized spacial score (nSPS) is 17.6. The molecule has 0 aliphatic carbocycles. The fraction of sp³-hybridized carbons (Fsp3) is 0.346. The summed E-state index contributed by atoms with van der Waals surface area (Å²) in [5.74, 6) is 0.652. The number of halogens is 1. The first kappa shape index (κ1) is 27.4. The van der Waals surface area contributed by atoms with Gasteiger partial charge in [-0.2, -0.15) is 0 Å². The summed E-state index contributed by atoms with van der Waals surface area (Å²) in [4.78, 5) is 13.9. The number of aromatic nitrogens is 6. The molecule has 12 nitrogen and oxygen atoms in total. The molecule has 14 heteroatoms. The molecule has 0 spiro atoms. The SMILES string of the molecule is COc1cccc(OC)c1-n1c(CS(=O)(=O)[C@H]2C[C@H](OC)CN(c3ncc(F)cn3)C2)nnc1-c1cccnc1. The summed E-state index contributed by atoms with van der Waals surface area (Å²) in [7, 11) is 0.714. The number of methoxy groups -OCH3 is 3. The van der Waals surface area contributed by atoms with Crippen LogP contribution < -0.4 is 14.4 Å². The molecule has 1 fully saturated rings. The Balaban J connectivity index is 1.56. The zero-order valence-electron chi connectivity index (χ0n) is 22.1. The second-order valence-corrected chi connectivity index (χ2v) is 11.4. The van der Waals surface area contributed by atoms with E-state index in [1.807, 2.05) is 0 Å². The molecule has 0 radical (unpaired) electrons. The zero-order valence-corrected chi connectivity index (χ0v) is 23.0. The topological polar surface area (TPSA) is 134 Å². The van der Waals surface area contributed by atoms with Gasteiger partial charge in [-0.15, -0.1) is 10.2 Å². The fourth-order valence-electron chi connectivity index (χ4n) is 4.75. The van der Waals surface area contributed by atoms with Crippen molar-refractivity contribution in [1.29, 1.82) is 0 Å². The fourth-order valence-corrected chi connectivity index (χ4v) is 6.45. The molecule has 1 aliphatic rings. The van der Waals surface area contributed by atoms with Gasteiger partial charge >= 0.3 is 0 Å². The van der Waals surface area contributed by atoms with Gasteiger partial charge in [0, 0.05) is 38.2 Å². The van der Waals surface area contributed by atoms with E-state index in [2.05, 4.69) is 25.1 Å². The first-order valence-electron chi connectivity index (χ1n) is 12.4. The van der Waals surface area contributed by atoms with E-state index >= 15 is 0 Å². The molecular formula is C26H28FN7O5S. The number of ether oxygens (including phenoxy) is 3. The number of nitrogens with zero attached hydrogens (tertiary/aromatic N) is 7. The maximum atomic E-state index is 13.9. The number of pyridine rings is 1. The van der Waals surface area contributed by atoms with Crippen molar-refractivity contribution < 1.29 is 27.0 Å². The van der Waals surface area contributed by atoms with E-state index in [1.54, 1.807) is 52.2 Å². The Morgan fingerprint density at radius 3 is 2.33 bits per heavy atom. The van der Waals surface area contributed by atoms with E-state index < -0.39 is 32.8 Å². The maximum absolute atomic E-state index is 13.9. The number of sulfone groups is 1. The van der Waals surface area contributed by atoms with Crippen LogP contribution in [-0.4, -0.2) is 83.9 Å². The van der Waals surface area contributed by atoms with Crippen LogP contribution in [0.5, 0.6) is 11.5 Å². The number of anilines is 1. The Morgan fingerprint density at radius 1 is 0.975 bits per heavy atom. The Kier molecular flexibility index (Phi) is 7.89. The molecule has 0 saturated carbocycles. The van der Waals surface area contributed by atoms with Crippen molar-refractivity contribution in [1.82, 2.24) is 29.7 Å². The highest BCUT2D eigenvalue weighted by molar-refractivity contribution is 7.91. The molecule has 0 amide bonds. The largest absolute Gasteiger partial charge is 0.494 e. The van der Waals surface area contributed by atoms with Gasteiger partial charge in [0.1, 0.15) is 22.9 Å². The molecule has 40 heavy (non-hydrogen) atoms. The third kappa shape index (κ3) is 5.45. The minimum atomic E-state index is -3.84. The van der Waals surface area contributed by atoms with E-state index in [0.29, 0.717) is 35.1 Å².